The van der Waals surface area contributed by atoms with Gasteiger partial charge >= 0.3 is 0 Å². The molecule has 2 N–H and O–H groups in total. The van der Waals surface area contributed by atoms with Crippen LogP contribution in [0.2, 0.25) is 0 Å². The first kappa shape index (κ1) is 21.7. The maximum Gasteiger partial charge on any atom is 0.251 e. The summed E-state index contributed by atoms with van der Waals surface area (Å²) < 4.78 is 0. The summed E-state index contributed by atoms with van der Waals surface area (Å²) in [5, 5.41) is 6.34. The van der Waals surface area contributed by atoms with Gasteiger partial charge in [-0.1, -0.05) is 26.0 Å². The van der Waals surface area contributed by atoms with E-state index in [0.717, 1.165) is 37.0 Å². The number of hydrogen-bond donors (Lipinski definition) is 2. The molecule has 0 bridgehead atoms. The van der Waals surface area contributed by atoms with Gasteiger partial charge in [-0.25, -0.2) is 0 Å². The lowest BCUT2D eigenvalue weighted by Gasteiger charge is -2.32. The molecule has 1 aliphatic rings. The number of nitrogens with one attached hydrogen (secondary N) is 2. The number of halogens is 1. The topological polar surface area (TPSA) is 56.7 Å². The standard InChI is InChI=1S/C19H30N4O.HI/c1-4-10-21-18(24)17-7-5-6-16(13-17)14-22-19(20-3)23-11-8-15(2)9-12-23;/h5-7,13,15H,4,8-12,14H2,1-3H3,(H,20,22)(H,21,24);1H. The Kier molecular flexibility index (Phi) is 9.85. The monoisotopic (exact) mass is 458 g/mol. The molecule has 1 aliphatic heterocycles. The summed E-state index contributed by atoms with van der Waals surface area (Å²) in [5.41, 5.74) is 1.80. The molecule has 1 saturated heterocycles. The van der Waals surface area contributed by atoms with E-state index in [9.17, 15) is 4.79 Å². The minimum atomic E-state index is -0.00639. The van der Waals surface area contributed by atoms with Crippen molar-refractivity contribution in [3.05, 3.63) is 35.4 Å². The summed E-state index contributed by atoms with van der Waals surface area (Å²) in [4.78, 5) is 18.8. The van der Waals surface area contributed by atoms with Crippen LogP contribution in [0.15, 0.2) is 29.3 Å². The highest BCUT2D eigenvalue weighted by Crippen LogP contribution is 2.16. The molecule has 0 saturated carbocycles. The third-order valence-electron chi connectivity index (χ3n) is 4.47. The van der Waals surface area contributed by atoms with Crippen LogP contribution in [0.5, 0.6) is 0 Å². The predicted octanol–water partition coefficient (Wildman–Crippen LogP) is 3.25. The SMILES string of the molecule is CCCNC(=O)c1cccc(CNC(=NC)N2CCC(C)CC2)c1.I. The predicted molar refractivity (Wildman–Crippen MR) is 115 cm³/mol. The Morgan fingerprint density at radius 3 is 2.64 bits per heavy atom. The lowest BCUT2D eigenvalue weighted by atomic mass is 9.99. The second-order valence-corrected chi connectivity index (χ2v) is 6.53. The Morgan fingerprint density at radius 2 is 2.00 bits per heavy atom. The molecule has 0 atom stereocenters. The number of amides is 1. The van der Waals surface area contributed by atoms with E-state index >= 15 is 0 Å². The third kappa shape index (κ3) is 6.84. The van der Waals surface area contributed by atoms with Crippen molar-refractivity contribution in [2.45, 2.75) is 39.7 Å². The Bertz CT molecular complexity index is 568. The summed E-state index contributed by atoms with van der Waals surface area (Å²) in [7, 11) is 1.83. The fourth-order valence-electron chi connectivity index (χ4n) is 2.90. The summed E-state index contributed by atoms with van der Waals surface area (Å²) >= 11 is 0. The van der Waals surface area contributed by atoms with E-state index in [4.69, 9.17) is 0 Å². The number of benzene rings is 1. The minimum absolute atomic E-state index is 0. The van der Waals surface area contributed by atoms with Gasteiger partial charge in [-0.05, 0) is 42.9 Å². The summed E-state index contributed by atoms with van der Waals surface area (Å²) in [6.45, 7) is 7.85. The largest absolute Gasteiger partial charge is 0.352 e. The molecule has 0 unspecified atom stereocenters. The van der Waals surface area contributed by atoms with Gasteiger partial charge in [0.1, 0.15) is 0 Å². The normalized spacial score (nSPS) is 15.5. The minimum Gasteiger partial charge on any atom is -0.352 e. The van der Waals surface area contributed by atoms with Crippen molar-refractivity contribution in [1.82, 2.24) is 15.5 Å². The summed E-state index contributed by atoms with van der Waals surface area (Å²) in [5.74, 6) is 1.74. The van der Waals surface area contributed by atoms with Crippen LogP contribution >= 0.6 is 24.0 Å². The Hall–Kier alpha value is -1.31. The van der Waals surface area contributed by atoms with Gasteiger partial charge in [0.2, 0.25) is 0 Å². The molecule has 1 amide bonds. The van der Waals surface area contributed by atoms with Gasteiger partial charge in [-0.3, -0.25) is 9.79 Å². The van der Waals surface area contributed by atoms with Crippen LogP contribution in [0, 0.1) is 5.92 Å². The van der Waals surface area contributed by atoms with Crippen molar-refractivity contribution >= 4 is 35.8 Å². The van der Waals surface area contributed by atoms with E-state index in [1.54, 1.807) is 0 Å². The molecular formula is C19H31IN4O. The Morgan fingerprint density at radius 1 is 1.28 bits per heavy atom. The number of hydrogen-bond acceptors (Lipinski definition) is 2. The van der Waals surface area contributed by atoms with Crippen molar-refractivity contribution in [2.24, 2.45) is 10.9 Å². The zero-order valence-corrected chi connectivity index (χ0v) is 17.9. The maximum atomic E-state index is 12.1. The quantitative estimate of drug-likeness (QED) is 0.405. The van der Waals surface area contributed by atoms with Crippen LogP contribution in [0.4, 0.5) is 0 Å². The molecule has 6 heteroatoms. The van der Waals surface area contributed by atoms with Crippen molar-refractivity contribution in [3.63, 3.8) is 0 Å². The maximum absolute atomic E-state index is 12.1. The second-order valence-electron chi connectivity index (χ2n) is 6.53. The highest BCUT2D eigenvalue weighted by Gasteiger charge is 2.18. The lowest BCUT2D eigenvalue weighted by Crippen LogP contribution is -2.45. The van der Waals surface area contributed by atoms with Gasteiger partial charge in [-0.15, -0.1) is 24.0 Å². The van der Waals surface area contributed by atoms with Crippen molar-refractivity contribution in [1.29, 1.82) is 0 Å². The zero-order valence-electron chi connectivity index (χ0n) is 15.5. The van der Waals surface area contributed by atoms with Crippen LogP contribution in [0.1, 0.15) is 49.0 Å². The first-order chi connectivity index (χ1) is 11.6. The molecule has 1 aromatic carbocycles. The van der Waals surface area contributed by atoms with Crippen LogP contribution in [-0.4, -0.2) is 43.4 Å². The number of aliphatic imine (C=N–C) groups is 1. The first-order valence-electron chi connectivity index (χ1n) is 8.96. The number of carbonyl (C=O) groups is 1. The average molecular weight is 458 g/mol. The molecule has 0 aliphatic carbocycles. The zero-order chi connectivity index (χ0) is 17.4. The molecule has 0 radical (unpaired) electrons. The fourth-order valence-corrected chi connectivity index (χ4v) is 2.90. The van der Waals surface area contributed by atoms with E-state index in [1.165, 1.54) is 12.8 Å². The van der Waals surface area contributed by atoms with E-state index in [1.807, 2.05) is 38.2 Å². The van der Waals surface area contributed by atoms with Gasteiger partial charge in [0.25, 0.3) is 5.91 Å². The molecule has 1 heterocycles. The van der Waals surface area contributed by atoms with Gasteiger partial charge in [0.05, 0.1) is 0 Å². The molecule has 5 nitrogen and oxygen atoms in total. The van der Waals surface area contributed by atoms with Crippen LogP contribution in [0.3, 0.4) is 0 Å². The summed E-state index contributed by atoms with van der Waals surface area (Å²) in [6, 6.07) is 7.78. The van der Waals surface area contributed by atoms with Crippen molar-refractivity contribution < 1.29 is 4.79 Å². The number of carbonyl (C=O) groups excluding carboxylic acids is 1. The number of likely N-dealkylation sites (tertiary alicyclic amines) is 1. The van der Waals surface area contributed by atoms with Gasteiger partial charge in [0, 0.05) is 38.8 Å². The van der Waals surface area contributed by atoms with Gasteiger partial charge in [0.15, 0.2) is 5.96 Å². The van der Waals surface area contributed by atoms with E-state index in [2.05, 4.69) is 27.4 Å². The first-order valence-corrected chi connectivity index (χ1v) is 8.96. The summed E-state index contributed by atoms with van der Waals surface area (Å²) in [6.07, 6.45) is 3.37. The van der Waals surface area contributed by atoms with E-state index < -0.39 is 0 Å². The lowest BCUT2D eigenvalue weighted by molar-refractivity contribution is 0.0953. The van der Waals surface area contributed by atoms with Gasteiger partial charge < -0.3 is 15.5 Å². The number of piperidine rings is 1. The van der Waals surface area contributed by atoms with E-state index in [0.29, 0.717) is 18.7 Å². The highest BCUT2D eigenvalue weighted by molar-refractivity contribution is 14.0. The van der Waals surface area contributed by atoms with Crippen LogP contribution < -0.4 is 10.6 Å². The van der Waals surface area contributed by atoms with Crippen LogP contribution in [-0.2, 0) is 6.54 Å². The number of nitrogens with zero attached hydrogens (tertiary/aromatic N) is 2. The van der Waals surface area contributed by atoms with Crippen molar-refractivity contribution in [2.75, 3.05) is 26.7 Å². The highest BCUT2D eigenvalue weighted by atomic mass is 127. The molecule has 0 aromatic heterocycles. The molecule has 25 heavy (non-hydrogen) atoms. The van der Waals surface area contributed by atoms with Crippen molar-refractivity contribution in [3.8, 4) is 0 Å². The van der Waals surface area contributed by atoms with E-state index in [-0.39, 0.29) is 29.9 Å². The molecule has 1 fully saturated rings. The molecule has 1 aromatic rings. The molecule has 0 spiro atoms. The Balaban J connectivity index is 0.00000312. The molecular weight excluding hydrogens is 427 g/mol. The average Bonchev–Trinajstić information content (AvgIpc) is 2.62. The van der Waals surface area contributed by atoms with Crippen LogP contribution in [0.25, 0.3) is 0 Å². The molecule has 140 valence electrons. The fraction of sp³-hybridized carbons (Fsp3) is 0.579. The number of guanidine groups is 1. The third-order valence-corrected chi connectivity index (χ3v) is 4.47. The smallest absolute Gasteiger partial charge is 0.251 e. The van der Waals surface area contributed by atoms with Gasteiger partial charge in [-0.2, -0.15) is 0 Å². The number of rotatable bonds is 5. The molecule has 2 rings (SSSR count). The Labute approximate surface area is 168 Å². The second kappa shape index (κ2) is 11.3.